The lowest BCUT2D eigenvalue weighted by molar-refractivity contribution is 0.0937. The molecule has 0 fully saturated rings. The van der Waals surface area contributed by atoms with Crippen LogP contribution in [0.15, 0.2) is 67.1 Å². The van der Waals surface area contributed by atoms with Gasteiger partial charge in [-0.15, -0.1) is 11.3 Å². The Balaban J connectivity index is 1.55. The third-order valence-corrected chi connectivity index (χ3v) is 6.29. The number of amides is 1. The van der Waals surface area contributed by atoms with Crippen LogP contribution in [-0.4, -0.2) is 15.5 Å². The lowest BCUT2D eigenvalue weighted by atomic mass is 9.88. The molecule has 1 unspecified atom stereocenters. The molecule has 4 aromatic rings. The Morgan fingerprint density at radius 1 is 1.11 bits per heavy atom. The zero-order chi connectivity index (χ0) is 18.2. The van der Waals surface area contributed by atoms with Gasteiger partial charge in [-0.3, -0.25) is 4.79 Å². The van der Waals surface area contributed by atoms with E-state index in [2.05, 4.69) is 34.6 Å². The van der Waals surface area contributed by atoms with Crippen LogP contribution in [0.4, 0.5) is 0 Å². The van der Waals surface area contributed by atoms with Crippen molar-refractivity contribution in [3.63, 3.8) is 0 Å². The highest BCUT2D eigenvalue weighted by Gasteiger charge is 2.25. The Morgan fingerprint density at radius 2 is 1.96 bits per heavy atom. The van der Waals surface area contributed by atoms with Gasteiger partial charge in [0, 0.05) is 24.0 Å². The number of nitrogens with zero attached hydrogens (tertiary/aromatic N) is 2. The number of hydrogen-bond donors (Lipinski definition) is 1. The summed E-state index contributed by atoms with van der Waals surface area (Å²) in [4.78, 5) is 19.3. The van der Waals surface area contributed by atoms with Crippen molar-refractivity contribution >= 4 is 27.5 Å². The zero-order valence-corrected chi connectivity index (χ0v) is 15.6. The molecule has 3 heterocycles. The van der Waals surface area contributed by atoms with Crippen LogP contribution in [0.3, 0.4) is 0 Å². The van der Waals surface area contributed by atoms with Gasteiger partial charge in [-0.1, -0.05) is 24.3 Å². The summed E-state index contributed by atoms with van der Waals surface area (Å²) in [6.07, 6.45) is 8.88. The second kappa shape index (κ2) is 6.67. The van der Waals surface area contributed by atoms with E-state index in [0.717, 1.165) is 35.2 Å². The topological polar surface area (TPSA) is 46.9 Å². The summed E-state index contributed by atoms with van der Waals surface area (Å²) in [5, 5.41) is 4.29. The van der Waals surface area contributed by atoms with E-state index in [0.29, 0.717) is 4.88 Å². The highest BCUT2D eigenvalue weighted by Crippen LogP contribution is 2.35. The molecule has 0 spiro atoms. The second-order valence-electron chi connectivity index (χ2n) is 6.84. The average molecular weight is 373 g/mol. The first-order valence-corrected chi connectivity index (χ1v) is 10.0. The van der Waals surface area contributed by atoms with Crippen molar-refractivity contribution in [1.29, 1.82) is 0 Å². The highest BCUT2D eigenvalue weighted by atomic mass is 32.1. The number of pyridine rings is 1. The maximum absolute atomic E-state index is 13.3. The van der Waals surface area contributed by atoms with Crippen LogP contribution in [0.5, 0.6) is 0 Å². The van der Waals surface area contributed by atoms with E-state index in [9.17, 15) is 4.79 Å². The number of fused-ring (bicyclic) bond motifs is 2. The van der Waals surface area contributed by atoms with Crippen molar-refractivity contribution in [3.8, 4) is 5.69 Å². The lowest BCUT2D eigenvalue weighted by Gasteiger charge is -2.26. The molecule has 1 atom stereocenters. The molecule has 4 nitrogen and oxygen atoms in total. The predicted octanol–water partition coefficient (Wildman–Crippen LogP) is 4.89. The molecule has 0 saturated carbocycles. The largest absolute Gasteiger partial charge is 0.344 e. The summed E-state index contributed by atoms with van der Waals surface area (Å²) in [7, 11) is 0. The minimum Gasteiger partial charge on any atom is -0.344 e. The van der Waals surface area contributed by atoms with E-state index < -0.39 is 0 Å². The molecule has 1 aliphatic rings. The molecule has 27 heavy (non-hydrogen) atoms. The zero-order valence-electron chi connectivity index (χ0n) is 14.8. The molecule has 0 saturated heterocycles. The Bertz CT molecular complexity index is 1110. The molecule has 0 aliphatic heterocycles. The molecule has 1 amide bonds. The quantitative estimate of drug-likeness (QED) is 0.555. The van der Waals surface area contributed by atoms with Crippen LogP contribution in [0, 0.1) is 0 Å². The van der Waals surface area contributed by atoms with E-state index in [1.165, 1.54) is 22.5 Å². The minimum atomic E-state index is -0.0246. The number of aryl methyl sites for hydroxylation is 1. The fourth-order valence-corrected chi connectivity index (χ4v) is 4.99. The Kier molecular flexibility index (Phi) is 4.02. The summed E-state index contributed by atoms with van der Waals surface area (Å²) in [6, 6.07) is 16.4. The fraction of sp³-hybridized carbons (Fsp3) is 0.182. The van der Waals surface area contributed by atoms with E-state index in [1.807, 2.05) is 41.2 Å². The molecular weight excluding hydrogens is 354 g/mol. The van der Waals surface area contributed by atoms with Gasteiger partial charge in [-0.25, -0.2) is 4.98 Å². The van der Waals surface area contributed by atoms with E-state index in [1.54, 1.807) is 6.20 Å². The van der Waals surface area contributed by atoms with Gasteiger partial charge in [0.15, 0.2) is 0 Å². The molecule has 1 N–H and O–H groups in total. The van der Waals surface area contributed by atoms with Crippen LogP contribution in [0.2, 0.25) is 0 Å². The Hall–Kier alpha value is -2.92. The maximum Gasteiger partial charge on any atom is 0.264 e. The van der Waals surface area contributed by atoms with Crippen molar-refractivity contribution in [2.45, 2.75) is 25.3 Å². The summed E-state index contributed by atoms with van der Waals surface area (Å²) in [6.45, 7) is 0. The normalized spacial score (nSPS) is 16.2. The Morgan fingerprint density at radius 3 is 2.85 bits per heavy atom. The molecule has 0 radical (unpaired) electrons. The van der Waals surface area contributed by atoms with Crippen LogP contribution in [0.1, 0.15) is 39.7 Å². The van der Waals surface area contributed by atoms with E-state index in [-0.39, 0.29) is 11.9 Å². The van der Waals surface area contributed by atoms with Gasteiger partial charge in [0.25, 0.3) is 5.91 Å². The number of aromatic nitrogens is 2. The van der Waals surface area contributed by atoms with Crippen molar-refractivity contribution in [2.75, 3.05) is 0 Å². The highest BCUT2D eigenvalue weighted by molar-refractivity contribution is 7.21. The number of benzene rings is 1. The van der Waals surface area contributed by atoms with Crippen LogP contribution in [0.25, 0.3) is 15.9 Å². The first-order valence-electron chi connectivity index (χ1n) is 9.21. The Labute approximate surface area is 161 Å². The molecule has 0 bridgehead atoms. The van der Waals surface area contributed by atoms with Gasteiger partial charge in [0.2, 0.25) is 0 Å². The first kappa shape index (κ1) is 16.3. The molecule has 3 aromatic heterocycles. The number of thiophene rings is 1. The van der Waals surface area contributed by atoms with Crippen molar-refractivity contribution in [2.24, 2.45) is 0 Å². The molecule has 5 rings (SSSR count). The molecule has 1 aromatic carbocycles. The monoisotopic (exact) mass is 373 g/mol. The second-order valence-corrected chi connectivity index (χ2v) is 7.84. The summed E-state index contributed by atoms with van der Waals surface area (Å²) < 4.78 is 2.00. The van der Waals surface area contributed by atoms with Crippen LogP contribution >= 0.6 is 11.3 Å². The third-order valence-electron chi connectivity index (χ3n) is 5.18. The average Bonchev–Trinajstić information content (AvgIpc) is 3.35. The molecule has 134 valence electrons. The van der Waals surface area contributed by atoms with Crippen molar-refractivity contribution in [3.05, 3.63) is 83.1 Å². The molecular formula is C22H19N3OS. The number of carbonyl (C=O) groups excluding carboxylic acids is 1. The van der Waals surface area contributed by atoms with Gasteiger partial charge < -0.3 is 9.88 Å². The standard InChI is InChI=1S/C22H19N3OS/c26-21(24-18-11-5-8-15-7-1-2-9-16(15)18)20-19(25-13-3-4-14-25)17-10-6-12-23-22(17)27-20/h1-4,6-7,9-10,12-14,18H,5,8,11H2,(H,24,26). The third kappa shape index (κ3) is 2.84. The summed E-state index contributed by atoms with van der Waals surface area (Å²) >= 11 is 1.46. The number of carbonyl (C=O) groups is 1. The van der Waals surface area contributed by atoms with Gasteiger partial charge >= 0.3 is 0 Å². The maximum atomic E-state index is 13.3. The van der Waals surface area contributed by atoms with Gasteiger partial charge in [-0.2, -0.15) is 0 Å². The fourth-order valence-electron chi connectivity index (χ4n) is 3.94. The smallest absolute Gasteiger partial charge is 0.264 e. The first-order chi connectivity index (χ1) is 13.3. The van der Waals surface area contributed by atoms with Crippen molar-refractivity contribution < 1.29 is 4.79 Å². The van der Waals surface area contributed by atoms with Crippen molar-refractivity contribution in [1.82, 2.24) is 14.9 Å². The predicted molar refractivity (Wildman–Crippen MR) is 109 cm³/mol. The van der Waals surface area contributed by atoms with E-state index >= 15 is 0 Å². The van der Waals surface area contributed by atoms with Gasteiger partial charge in [0.1, 0.15) is 9.71 Å². The number of nitrogens with one attached hydrogen (secondary N) is 1. The lowest BCUT2D eigenvalue weighted by Crippen LogP contribution is -2.31. The molecule has 1 aliphatic carbocycles. The SMILES string of the molecule is O=C(NC1CCCc2ccccc21)c1sc2ncccc2c1-n1cccc1. The number of hydrogen-bond acceptors (Lipinski definition) is 3. The van der Waals surface area contributed by atoms with Gasteiger partial charge in [0.05, 0.1) is 11.7 Å². The summed E-state index contributed by atoms with van der Waals surface area (Å²) in [5.74, 6) is -0.0246. The van der Waals surface area contributed by atoms with Crippen LogP contribution < -0.4 is 5.32 Å². The van der Waals surface area contributed by atoms with Crippen LogP contribution in [-0.2, 0) is 6.42 Å². The molecule has 5 heteroatoms. The van der Waals surface area contributed by atoms with Gasteiger partial charge in [-0.05, 0) is 54.7 Å². The summed E-state index contributed by atoms with van der Waals surface area (Å²) in [5.41, 5.74) is 3.51. The van der Waals surface area contributed by atoms with E-state index in [4.69, 9.17) is 0 Å². The number of rotatable bonds is 3. The minimum absolute atomic E-state index is 0.0246.